The Morgan fingerprint density at radius 3 is 2.96 bits per heavy atom. The van der Waals surface area contributed by atoms with E-state index in [0.29, 0.717) is 19.4 Å². The number of rotatable bonds is 3. The molecule has 1 aromatic carbocycles. The first-order valence-electron chi connectivity index (χ1n) is 7.48. The van der Waals surface area contributed by atoms with Crippen LogP contribution in [0.1, 0.15) is 30.3 Å². The van der Waals surface area contributed by atoms with Crippen LogP contribution in [0.3, 0.4) is 0 Å². The van der Waals surface area contributed by atoms with Crippen LogP contribution in [0.15, 0.2) is 16.9 Å². The monoisotopic (exact) mass is 361 g/mol. The minimum atomic E-state index is -0.954. The first kappa shape index (κ1) is 17.1. The molecule has 0 saturated carbocycles. The van der Waals surface area contributed by atoms with Crippen molar-refractivity contribution in [2.45, 2.75) is 25.5 Å². The zero-order valence-electron chi connectivity index (χ0n) is 13.0. The molecule has 0 amide bonds. The number of aliphatic hydroxyl groups excluding tert-OH is 1. The molecule has 1 aliphatic heterocycles. The molecule has 0 spiro atoms. The summed E-state index contributed by atoms with van der Waals surface area (Å²) in [5, 5.41) is 19.6. The summed E-state index contributed by atoms with van der Waals surface area (Å²) in [6.45, 7) is 0.262. The van der Waals surface area contributed by atoms with Crippen LogP contribution in [0.5, 0.6) is 5.75 Å². The summed E-state index contributed by atoms with van der Waals surface area (Å²) in [5.74, 6) is 1.56. The van der Waals surface area contributed by atoms with Crippen molar-refractivity contribution in [2.75, 3.05) is 6.61 Å². The van der Waals surface area contributed by atoms with E-state index < -0.39 is 17.6 Å². The predicted molar refractivity (Wildman–Crippen MR) is 88.2 cm³/mol. The largest absolute Gasteiger partial charge is 0.479 e. The molecule has 1 unspecified atom stereocenters. The zero-order chi connectivity index (χ0) is 18.1. The lowest BCUT2D eigenvalue weighted by Gasteiger charge is -2.18. The van der Waals surface area contributed by atoms with Crippen LogP contribution >= 0.6 is 11.6 Å². The SMILES string of the molecule is C#CCOc1cc(-n2c(C#N)c3n(c2=O)CCCC3O)c(F)cc1Cl. The Bertz CT molecular complexity index is 981. The van der Waals surface area contributed by atoms with Gasteiger partial charge in [0, 0.05) is 12.6 Å². The number of benzene rings is 1. The molecule has 3 rings (SSSR count). The Kier molecular flexibility index (Phi) is 4.54. The topological polar surface area (TPSA) is 80.2 Å². The molecular formula is C17H13ClFN3O3. The third kappa shape index (κ3) is 2.78. The molecule has 8 heteroatoms. The minimum Gasteiger partial charge on any atom is -0.479 e. The van der Waals surface area contributed by atoms with E-state index in [4.69, 9.17) is 22.8 Å². The molecule has 2 heterocycles. The third-order valence-electron chi connectivity index (χ3n) is 4.01. The number of halogens is 2. The van der Waals surface area contributed by atoms with Gasteiger partial charge in [0.2, 0.25) is 0 Å². The van der Waals surface area contributed by atoms with Crippen LogP contribution in [0.25, 0.3) is 5.69 Å². The Labute approximate surface area is 147 Å². The van der Waals surface area contributed by atoms with Crippen molar-refractivity contribution in [3.05, 3.63) is 44.8 Å². The van der Waals surface area contributed by atoms with E-state index in [2.05, 4.69) is 5.92 Å². The van der Waals surface area contributed by atoms with Gasteiger partial charge in [-0.2, -0.15) is 5.26 Å². The van der Waals surface area contributed by atoms with Crippen LogP contribution in [0.2, 0.25) is 5.02 Å². The lowest BCUT2D eigenvalue weighted by Crippen LogP contribution is -2.27. The van der Waals surface area contributed by atoms with Crippen molar-refractivity contribution in [1.82, 2.24) is 9.13 Å². The maximum atomic E-state index is 14.5. The van der Waals surface area contributed by atoms with Crippen molar-refractivity contribution in [1.29, 1.82) is 5.26 Å². The van der Waals surface area contributed by atoms with Crippen molar-refractivity contribution >= 4 is 11.6 Å². The Morgan fingerprint density at radius 1 is 1.52 bits per heavy atom. The van der Waals surface area contributed by atoms with Gasteiger partial charge in [-0.15, -0.1) is 6.42 Å². The number of hydrogen-bond acceptors (Lipinski definition) is 4. The molecular weight excluding hydrogens is 349 g/mol. The lowest BCUT2D eigenvalue weighted by atomic mass is 10.1. The van der Waals surface area contributed by atoms with Gasteiger partial charge in [-0.05, 0) is 18.9 Å². The van der Waals surface area contributed by atoms with Gasteiger partial charge in [0.05, 0.1) is 22.5 Å². The van der Waals surface area contributed by atoms with Gasteiger partial charge < -0.3 is 9.84 Å². The number of hydrogen-bond donors (Lipinski definition) is 1. The van der Waals surface area contributed by atoms with Crippen molar-refractivity contribution in [2.24, 2.45) is 0 Å². The number of nitriles is 1. The molecule has 0 radical (unpaired) electrons. The number of ether oxygens (including phenoxy) is 1. The fourth-order valence-corrected chi connectivity index (χ4v) is 3.15. The predicted octanol–water partition coefficient (Wildman–Crippen LogP) is 2.14. The summed E-state index contributed by atoms with van der Waals surface area (Å²) < 4.78 is 21.9. The maximum Gasteiger partial charge on any atom is 0.334 e. The van der Waals surface area contributed by atoms with Gasteiger partial charge >= 0.3 is 5.69 Å². The molecule has 128 valence electrons. The fraction of sp³-hybridized carbons (Fsp3) is 0.294. The van der Waals surface area contributed by atoms with Gasteiger partial charge in [0.15, 0.2) is 5.69 Å². The molecule has 1 atom stereocenters. The second-order valence-electron chi connectivity index (χ2n) is 5.50. The summed E-state index contributed by atoms with van der Waals surface area (Å²) in [6.07, 6.45) is 5.20. The standard InChI is InChI=1S/C17H13ClFN3O3/c1-2-6-25-15-8-12(11(19)7-10(15)18)22-13(9-20)16-14(23)4-3-5-21(16)17(22)24/h1,7-8,14,23H,3-6H2. The Morgan fingerprint density at radius 2 is 2.28 bits per heavy atom. The number of imidazole rings is 1. The molecule has 1 N–H and O–H groups in total. The summed E-state index contributed by atoms with van der Waals surface area (Å²) in [7, 11) is 0. The number of fused-ring (bicyclic) bond motifs is 1. The molecule has 1 aromatic heterocycles. The van der Waals surface area contributed by atoms with Crippen molar-refractivity contribution < 1.29 is 14.2 Å². The second-order valence-corrected chi connectivity index (χ2v) is 5.91. The van der Waals surface area contributed by atoms with Crippen LogP contribution in [-0.2, 0) is 6.54 Å². The van der Waals surface area contributed by atoms with Gasteiger partial charge in [-0.3, -0.25) is 4.57 Å². The number of aliphatic hydroxyl groups is 1. The number of nitrogens with zero attached hydrogens (tertiary/aromatic N) is 3. The van der Waals surface area contributed by atoms with Crippen molar-refractivity contribution in [3.8, 4) is 29.8 Å². The average Bonchev–Trinajstić information content (AvgIpc) is 2.88. The lowest BCUT2D eigenvalue weighted by molar-refractivity contribution is 0.138. The van der Waals surface area contributed by atoms with Crippen LogP contribution in [-0.4, -0.2) is 20.8 Å². The summed E-state index contributed by atoms with van der Waals surface area (Å²) in [5.41, 5.74) is -0.706. The van der Waals surface area contributed by atoms with Gasteiger partial charge in [0.1, 0.15) is 24.2 Å². The maximum absolute atomic E-state index is 14.5. The number of aromatic nitrogens is 2. The molecule has 0 aliphatic carbocycles. The Hall–Kier alpha value is -2.74. The molecule has 6 nitrogen and oxygen atoms in total. The van der Waals surface area contributed by atoms with Gasteiger partial charge in [-0.25, -0.2) is 13.8 Å². The molecule has 25 heavy (non-hydrogen) atoms. The first-order valence-corrected chi connectivity index (χ1v) is 7.86. The van der Waals surface area contributed by atoms with Gasteiger partial charge in [-0.1, -0.05) is 17.5 Å². The second kappa shape index (κ2) is 6.64. The van der Waals surface area contributed by atoms with E-state index >= 15 is 0 Å². The van der Waals surface area contributed by atoms with Crippen molar-refractivity contribution in [3.63, 3.8) is 0 Å². The first-order chi connectivity index (χ1) is 12.0. The fourth-order valence-electron chi connectivity index (χ4n) is 2.95. The highest BCUT2D eigenvalue weighted by molar-refractivity contribution is 6.32. The molecule has 0 saturated heterocycles. The highest BCUT2D eigenvalue weighted by atomic mass is 35.5. The van der Waals surface area contributed by atoms with E-state index in [-0.39, 0.29) is 34.5 Å². The highest BCUT2D eigenvalue weighted by Crippen LogP contribution is 2.32. The molecule has 1 aliphatic rings. The Balaban J connectivity index is 2.26. The summed E-state index contributed by atoms with van der Waals surface area (Å²) in [6, 6.07) is 4.09. The normalized spacial score (nSPS) is 16.0. The van der Waals surface area contributed by atoms with E-state index in [1.165, 1.54) is 10.6 Å². The van der Waals surface area contributed by atoms with Crippen LogP contribution in [0.4, 0.5) is 4.39 Å². The van der Waals surface area contributed by atoms with E-state index in [1.54, 1.807) is 0 Å². The molecule has 2 aromatic rings. The summed E-state index contributed by atoms with van der Waals surface area (Å²) in [4.78, 5) is 12.7. The molecule has 0 fully saturated rings. The van der Waals surface area contributed by atoms with Crippen LogP contribution < -0.4 is 10.4 Å². The third-order valence-corrected chi connectivity index (χ3v) is 4.31. The van der Waals surface area contributed by atoms with E-state index in [9.17, 15) is 19.6 Å². The summed E-state index contributed by atoms with van der Waals surface area (Å²) >= 11 is 5.93. The van der Waals surface area contributed by atoms with Crippen LogP contribution in [0, 0.1) is 29.5 Å². The quantitative estimate of drug-likeness (QED) is 0.849. The number of terminal acetylenes is 1. The van der Waals surface area contributed by atoms with E-state index in [0.717, 1.165) is 10.6 Å². The zero-order valence-corrected chi connectivity index (χ0v) is 13.8. The smallest absolute Gasteiger partial charge is 0.334 e. The van der Waals surface area contributed by atoms with Gasteiger partial charge in [0.25, 0.3) is 0 Å². The average molecular weight is 362 g/mol. The molecule has 0 bridgehead atoms. The minimum absolute atomic E-state index is 0.00735. The highest BCUT2D eigenvalue weighted by Gasteiger charge is 2.30. The van der Waals surface area contributed by atoms with E-state index in [1.807, 2.05) is 6.07 Å².